The summed E-state index contributed by atoms with van der Waals surface area (Å²) >= 11 is 0. The van der Waals surface area contributed by atoms with Crippen LogP contribution in [0.25, 0.3) is 0 Å². The minimum absolute atomic E-state index is 0.342. The van der Waals surface area contributed by atoms with Gasteiger partial charge in [-0.15, -0.1) is 0 Å². The van der Waals surface area contributed by atoms with Crippen molar-refractivity contribution in [2.45, 2.75) is 39.7 Å². The molecule has 2 aromatic rings. The highest BCUT2D eigenvalue weighted by atomic mass is 16.3. The summed E-state index contributed by atoms with van der Waals surface area (Å²) in [6.45, 7) is 7.96. The second-order valence-corrected chi connectivity index (χ2v) is 5.00. The van der Waals surface area contributed by atoms with Crippen LogP contribution in [-0.4, -0.2) is 16.5 Å². The average molecular weight is 274 g/mol. The molecule has 5 heteroatoms. The first kappa shape index (κ1) is 14.4. The number of hydrogen-bond donors (Lipinski definition) is 2. The van der Waals surface area contributed by atoms with Crippen LogP contribution >= 0.6 is 0 Å². The van der Waals surface area contributed by atoms with E-state index >= 15 is 0 Å². The summed E-state index contributed by atoms with van der Waals surface area (Å²) in [5, 5.41) is 6.69. The number of aromatic nitrogens is 2. The fourth-order valence-corrected chi connectivity index (χ4v) is 2.05. The Labute approximate surface area is 119 Å². The van der Waals surface area contributed by atoms with Gasteiger partial charge in [-0.25, -0.2) is 9.97 Å². The van der Waals surface area contributed by atoms with Gasteiger partial charge in [-0.3, -0.25) is 0 Å². The number of rotatable bonds is 7. The predicted molar refractivity (Wildman–Crippen MR) is 80.9 cm³/mol. The van der Waals surface area contributed by atoms with Crippen molar-refractivity contribution >= 4 is 11.6 Å². The lowest BCUT2D eigenvalue weighted by Gasteiger charge is -2.17. The summed E-state index contributed by atoms with van der Waals surface area (Å²) in [6.07, 6.45) is 4.33. The van der Waals surface area contributed by atoms with Crippen LogP contribution in [0.1, 0.15) is 44.4 Å². The molecule has 0 saturated carbocycles. The molecule has 0 aliphatic rings. The van der Waals surface area contributed by atoms with Crippen LogP contribution in [0, 0.1) is 0 Å². The van der Waals surface area contributed by atoms with E-state index < -0.39 is 0 Å². The molecule has 0 atom stereocenters. The third kappa shape index (κ3) is 3.50. The molecule has 0 saturated heterocycles. The van der Waals surface area contributed by atoms with E-state index in [9.17, 15) is 0 Å². The minimum atomic E-state index is 0.342. The average Bonchev–Trinajstić information content (AvgIpc) is 2.95. The zero-order valence-electron chi connectivity index (χ0n) is 12.3. The number of nitrogens with zero attached hydrogens (tertiary/aromatic N) is 2. The fraction of sp³-hybridized carbons (Fsp3) is 0.467. The molecular weight excluding hydrogens is 252 g/mol. The molecule has 2 aromatic heterocycles. The van der Waals surface area contributed by atoms with Crippen molar-refractivity contribution in [2.24, 2.45) is 0 Å². The molecule has 2 N–H and O–H groups in total. The monoisotopic (exact) mass is 274 g/mol. The van der Waals surface area contributed by atoms with Gasteiger partial charge in [-0.2, -0.15) is 0 Å². The van der Waals surface area contributed by atoms with E-state index in [4.69, 9.17) is 4.42 Å². The van der Waals surface area contributed by atoms with E-state index in [0.717, 1.165) is 35.9 Å². The lowest BCUT2D eigenvalue weighted by molar-refractivity contribution is 0.517. The Morgan fingerprint density at radius 3 is 2.55 bits per heavy atom. The number of nitrogens with one attached hydrogen (secondary N) is 2. The normalized spacial score (nSPS) is 10.8. The Morgan fingerprint density at radius 2 is 1.95 bits per heavy atom. The molecule has 0 aliphatic heterocycles. The van der Waals surface area contributed by atoms with E-state index in [0.29, 0.717) is 12.5 Å². The molecule has 0 aliphatic carbocycles. The minimum Gasteiger partial charge on any atom is -0.467 e. The standard InChI is InChI=1S/C15H22N4O/c1-4-7-16-14-13(11(2)3)15(19-10-18-14)17-9-12-6-5-8-20-12/h5-6,8,10-11H,4,7,9H2,1-3H3,(H2,16,17,18,19). The van der Waals surface area contributed by atoms with Crippen molar-refractivity contribution in [3.05, 3.63) is 36.0 Å². The Hall–Kier alpha value is -2.04. The highest BCUT2D eigenvalue weighted by molar-refractivity contribution is 5.59. The van der Waals surface area contributed by atoms with Crippen LogP contribution in [0.2, 0.25) is 0 Å². The Balaban J connectivity index is 2.17. The van der Waals surface area contributed by atoms with Gasteiger partial charge in [0.25, 0.3) is 0 Å². The highest BCUT2D eigenvalue weighted by Crippen LogP contribution is 2.28. The Kier molecular flexibility index (Phi) is 4.98. The lowest BCUT2D eigenvalue weighted by atomic mass is 10.0. The SMILES string of the molecule is CCCNc1ncnc(NCc2ccco2)c1C(C)C. The molecule has 0 bridgehead atoms. The zero-order valence-corrected chi connectivity index (χ0v) is 12.3. The number of furan rings is 1. The molecule has 2 rings (SSSR count). The first-order valence-corrected chi connectivity index (χ1v) is 7.07. The van der Waals surface area contributed by atoms with Gasteiger partial charge in [-0.1, -0.05) is 20.8 Å². The first-order chi connectivity index (χ1) is 9.72. The van der Waals surface area contributed by atoms with Gasteiger partial charge in [0.1, 0.15) is 23.7 Å². The molecule has 0 amide bonds. The van der Waals surface area contributed by atoms with Crippen LogP contribution in [0.15, 0.2) is 29.1 Å². The van der Waals surface area contributed by atoms with Gasteiger partial charge >= 0.3 is 0 Å². The Bertz CT molecular complexity index is 523. The zero-order chi connectivity index (χ0) is 14.4. The molecule has 20 heavy (non-hydrogen) atoms. The molecule has 0 spiro atoms. The smallest absolute Gasteiger partial charge is 0.135 e. The summed E-state index contributed by atoms with van der Waals surface area (Å²) in [7, 11) is 0. The van der Waals surface area contributed by atoms with Crippen LogP contribution < -0.4 is 10.6 Å². The van der Waals surface area contributed by atoms with Crippen LogP contribution in [0.5, 0.6) is 0 Å². The van der Waals surface area contributed by atoms with Crippen LogP contribution in [-0.2, 0) is 6.54 Å². The van der Waals surface area contributed by atoms with E-state index in [1.54, 1.807) is 12.6 Å². The maximum atomic E-state index is 5.33. The Morgan fingerprint density at radius 1 is 1.20 bits per heavy atom. The lowest BCUT2D eigenvalue weighted by Crippen LogP contribution is -2.11. The van der Waals surface area contributed by atoms with Crippen molar-refractivity contribution < 1.29 is 4.42 Å². The van der Waals surface area contributed by atoms with Crippen LogP contribution in [0.3, 0.4) is 0 Å². The third-order valence-electron chi connectivity index (χ3n) is 3.01. The van der Waals surface area contributed by atoms with Crippen molar-refractivity contribution in [1.29, 1.82) is 0 Å². The van der Waals surface area contributed by atoms with Crippen LogP contribution in [0.4, 0.5) is 11.6 Å². The summed E-state index contributed by atoms with van der Waals surface area (Å²) < 4.78 is 5.33. The summed E-state index contributed by atoms with van der Waals surface area (Å²) in [6, 6.07) is 3.83. The summed E-state index contributed by atoms with van der Waals surface area (Å²) in [4.78, 5) is 8.72. The molecular formula is C15H22N4O. The van der Waals surface area contributed by atoms with Gasteiger partial charge in [0.05, 0.1) is 12.8 Å². The van der Waals surface area contributed by atoms with Crippen molar-refractivity contribution in [3.63, 3.8) is 0 Å². The first-order valence-electron chi connectivity index (χ1n) is 7.07. The number of hydrogen-bond acceptors (Lipinski definition) is 5. The van der Waals surface area contributed by atoms with Crippen molar-refractivity contribution in [3.8, 4) is 0 Å². The summed E-state index contributed by atoms with van der Waals surface area (Å²) in [5.41, 5.74) is 1.12. The summed E-state index contributed by atoms with van der Waals surface area (Å²) in [5.74, 6) is 3.01. The van der Waals surface area contributed by atoms with Gasteiger partial charge in [0, 0.05) is 12.1 Å². The van der Waals surface area contributed by atoms with Gasteiger partial charge in [0.15, 0.2) is 0 Å². The maximum Gasteiger partial charge on any atom is 0.135 e. The second kappa shape index (κ2) is 6.93. The van der Waals surface area contributed by atoms with E-state index in [-0.39, 0.29) is 0 Å². The topological polar surface area (TPSA) is 63.0 Å². The molecule has 108 valence electrons. The fourth-order valence-electron chi connectivity index (χ4n) is 2.05. The van der Waals surface area contributed by atoms with Gasteiger partial charge in [-0.05, 0) is 24.5 Å². The van der Waals surface area contributed by atoms with E-state index in [1.807, 2.05) is 12.1 Å². The van der Waals surface area contributed by atoms with Gasteiger partial charge < -0.3 is 15.1 Å². The largest absolute Gasteiger partial charge is 0.467 e. The second-order valence-electron chi connectivity index (χ2n) is 5.00. The maximum absolute atomic E-state index is 5.33. The van der Waals surface area contributed by atoms with Crippen molar-refractivity contribution in [1.82, 2.24) is 9.97 Å². The molecule has 0 unspecified atom stereocenters. The van der Waals surface area contributed by atoms with E-state index in [1.165, 1.54) is 0 Å². The number of anilines is 2. The molecule has 2 heterocycles. The van der Waals surface area contributed by atoms with E-state index in [2.05, 4.69) is 41.4 Å². The highest BCUT2D eigenvalue weighted by Gasteiger charge is 2.14. The van der Waals surface area contributed by atoms with Gasteiger partial charge in [0.2, 0.25) is 0 Å². The quantitative estimate of drug-likeness (QED) is 0.807. The molecule has 5 nitrogen and oxygen atoms in total. The predicted octanol–water partition coefficient (Wildman–Crippen LogP) is 3.63. The molecule has 0 fully saturated rings. The molecule has 0 radical (unpaired) electrons. The third-order valence-corrected chi connectivity index (χ3v) is 3.01. The molecule has 0 aromatic carbocycles. The van der Waals surface area contributed by atoms with Crippen molar-refractivity contribution in [2.75, 3.05) is 17.2 Å².